The first-order chi connectivity index (χ1) is 13.0. The fourth-order valence-corrected chi connectivity index (χ4v) is 2.99. The molecule has 5 heteroatoms. The highest BCUT2D eigenvalue weighted by atomic mass is 16.5. The first kappa shape index (κ1) is 18.5. The third kappa shape index (κ3) is 4.44. The molecule has 3 aromatic rings. The van der Waals surface area contributed by atoms with Crippen molar-refractivity contribution in [3.63, 3.8) is 0 Å². The van der Waals surface area contributed by atoms with E-state index in [9.17, 15) is 4.79 Å². The molecule has 0 saturated heterocycles. The molecule has 138 valence electrons. The molecule has 0 unspecified atom stereocenters. The van der Waals surface area contributed by atoms with Crippen LogP contribution in [0.3, 0.4) is 0 Å². The van der Waals surface area contributed by atoms with Gasteiger partial charge in [-0.1, -0.05) is 17.7 Å². The number of aromatic nitrogens is 1. The van der Waals surface area contributed by atoms with E-state index >= 15 is 0 Å². The normalized spacial score (nSPS) is 10.4. The van der Waals surface area contributed by atoms with Crippen LogP contribution in [-0.4, -0.2) is 18.0 Å². The van der Waals surface area contributed by atoms with Gasteiger partial charge in [0.05, 0.1) is 19.0 Å². The highest BCUT2D eigenvalue weighted by molar-refractivity contribution is 6.03. The molecule has 0 aliphatic carbocycles. The van der Waals surface area contributed by atoms with Crippen LogP contribution in [0.5, 0.6) is 5.75 Å². The fourth-order valence-electron chi connectivity index (χ4n) is 2.99. The Labute approximate surface area is 159 Å². The lowest BCUT2D eigenvalue weighted by atomic mass is 10.0. The maximum absolute atomic E-state index is 12.4. The average Bonchev–Trinajstić information content (AvgIpc) is 2.65. The molecule has 0 saturated carbocycles. The topological polar surface area (TPSA) is 63.2 Å². The van der Waals surface area contributed by atoms with Gasteiger partial charge in [0.25, 0.3) is 5.91 Å². The molecule has 5 nitrogen and oxygen atoms in total. The molecule has 0 spiro atoms. The Kier molecular flexibility index (Phi) is 5.41. The predicted molar refractivity (Wildman–Crippen MR) is 109 cm³/mol. The summed E-state index contributed by atoms with van der Waals surface area (Å²) in [6.07, 6.45) is 1.67. The molecule has 27 heavy (non-hydrogen) atoms. The van der Waals surface area contributed by atoms with E-state index in [-0.39, 0.29) is 5.91 Å². The summed E-state index contributed by atoms with van der Waals surface area (Å²) in [7, 11) is 1.60. The molecule has 0 atom stereocenters. The molecule has 2 N–H and O–H groups in total. The van der Waals surface area contributed by atoms with E-state index in [4.69, 9.17) is 4.74 Å². The lowest BCUT2D eigenvalue weighted by Gasteiger charge is -2.14. The molecule has 2 aromatic carbocycles. The number of rotatable bonds is 5. The summed E-state index contributed by atoms with van der Waals surface area (Å²) in [6.45, 7) is 6.24. The van der Waals surface area contributed by atoms with Gasteiger partial charge in [0.1, 0.15) is 11.4 Å². The number of methoxy groups -OCH3 is 1. The van der Waals surface area contributed by atoms with Gasteiger partial charge in [-0.2, -0.15) is 0 Å². The third-order valence-corrected chi connectivity index (χ3v) is 4.29. The number of nitrogens with one attached hydrogen (secondary N) is 2. The number of hydrogen-bond donors (Lipinski definition) is 2. The summed E-state index contributed by atoms with van der Waals surface area (Å²) in [5.74, 6) is 0.484. The van der Waals surface area contributed by atoms with Gasteiger partial charge in [0, 0.05) is 11.4 Å². The van der Waals surface area contributed by atoms with Crippen LogP contribution in [0.25, 0.3) is 0 Å². The Hall–Kier alpha value is -3.34. The Morgan fingerprint density at radius 3 is 2.11 bits per heavy atom. The molecular formula is C22H23N3O2. The van der Waals surface area contributed by atoms with Crippen molar-refractivity contribution in [3.8, 4) is 5.75 Å². The quantitative estimate of drug-likeness (QED) is 0.670. The second-order valence-corrected chi connectivity index (χ2v) is 6.51. The van der Waals surface area contributed by atoms with Crippen LogP contribution < -0.4 is 15.4 Å². The van der Waals surface area contributed by atoms with Gasteiger partial charge in [-0.25, -0.2) is 4.98 Å². The zero-order valence-corrected chi connectivity index (χ0v) is 16.0. The van der Waals surface area contributed by atoms with Crippen LogP contribution in [0, 0.1) is 20.8 Å². The second-order valence-electron chi connectivity index (χ2n) is 6.51. The van der Waals surface area contributed by atoms with Crippen LogP contribution in [0.2, 0.25) is 0 Å². The minimum Gasteiger partial charge on any atom is -0.497 e. The highest BCUT2D eigenvalue weighted by Gasteiger charge is 2.09. The fraction of sp³-hybridized carbons (Fsp3) is 0.182. The molecule has 0 bridgehead atoms. The predicted octanol–water partition coefficient (Wildman–Crippen LogP) is 5.01. The van der Waals surface area contributed by atoms with Crippen molar-refractivity contribution in [2.24, 2.45) is 0 Å². The van der Waals surface area contributed by atoms with E-state index in [1.807, 2.05) is 6.07 Å². The number of aryl methyl sites for hydroxylation is 3. The Morgan fingerprint density at radius 2 is 1.56 bits per heavy atom. The van der Waals surface area contributed by atoms with Crippen molar-refractivity contribution >= 4 is 23.0 Å². The highest BCUT2D eigenvalue weighted by Crippen LogP contribution is 2.25. The summed E-state index contributed by atoms with van der Waals surface area (Å²) in [6, 6.07) is 15.0. The largest absolute Gasteiger partial charge is 0.497 e. The molecule has 0 aliphatic rings. The first-order valence-electron chi connectivity index (χ1n) is 8.72. The van der Waals surface area contributed by atoms with Crippen molar-refractivity contribution in [2.75, 3.05) is 17.7 Å². The van der Waals surface area contributed by atoms with Crippen LogP contribution in [-0.2, 0) is 0 Å². The average molecular weight is 361 g/mol. The number of anilines is 3. The Morgan fingerprint density at radius 1 is 0.926 bits per heavy atom. The van der Waals surface area contributed by atoms with Crippen molar-refractivity contribution in [2.45, 2.75) is 20.8 Å². The number of pyridine rings is 1. The van der Waals surface area contributed by atoms with Crippen LogP contribution in [0.4, 0.5) is 17.1 Å². The van der Waals surface area contributed by atoms with Gasteiger partial charge in [-0.05, 0) is 68.3 Å². The maximum atomic E-state index is 12.4. The SMILES string of the molecule is COc1ccc(NC(=O)c2ccc(Nc3c(C)cc(C)cc3C)cn2)cc1. The van der Waals surface area contributed by atoms with Gasteiger partial charge in [0.2, 0.25) is 0 Å². The number of benzene rings is 2. The lowest BCUT2D eigenvalue weighted by Crippen LogP contribution is -2.13. The van der Waals surface area contributed by atoms with Crippen molar-refractivity contribution < 1.29 is 9.53 Å². The minimum absolute atomic E-state index is 0.255. The summed E-state index contributed by atoms with van der Waals surface area (Å²) < 4.78 is 5.11. The molecule has 1 heterocycles. The van der Waals surface area contributed by atoms with E-state index in [0.717, 1.165) is 17.1 Å². The standard InChI is InChI=1S/C22H23N3O2/c1-14-11-15(2)21(16(3)12-14)24-18-7-10-20(23-13-18)22(26)25-17-5-8-19(27-4)9-6-17/h5-13,24H,1-4H3,(H,25,26). The third-order valence-electron chi connectivity index (χ3n) is 4.29. The first-order valence-corrected chi connectivity index (χ1v) is 8.72. The smallest absolute Gasteiger partial charge is 0.274 e. The van der Waals surface area contributed by atoms with Gasteiger partial charge < -0.3 is 15.4 Å². The van der Waals surface area contributed by atoms with E-state index in [0.29, 0.717) is 11.4 Å². The molecule has 0 radical (unpaired) electrons. The monoisotopic (exact) mass is 361 g/mol. The summed E-state index contributed by atoms with van der Waals surface area (Å²) in [5, 5.41) is 6.21. The zero-order valence-electron chi connectivity index (χ0n) is 16.0. The van der Waals surface area contributed by atoms with E-state index in [2.05, 4.69) is 48.5 Å². The zero-order chi connectivity index (χ0) is 19.4. The van der Waals surface area contributed by atoms with Crippen LogP contribution >= 0.6 is 0 Å². The maximum Gasteiger partial charge on any atom is 0.274 e. The van der Waals surface area contributed by atoms with Gasteiger partial charge in [0.15, 0.2) is 0 Å². The molecule has 1 amide bonds. The van der Waals surface area contributed by atoms with E-state index in [1.165, 1.54) is 16.7 Å². The number of carbonyl (C=O) groups is 1. The van der Waals surface area contributed by atoms with Crippen LogP contribution in [0.15, 0.2) is 54.7 Å². The molecular weight excluding hydrogens is 338 g/mol. The summed E-state index contributed by atoms with van der Waals surface area (Å²) >= 11 is 0. The lowest BCUT2D eigenvalue weighted by molar-refractivity contribution is 0.102. The number of carbonyl (C=O) groups excluding carboxylic acids is 1. The van der Waals surface area contributed by atoms with Crippen LogP contribution in [0.1, 0.15) is 27.2 Å². The van der Waals surface area contributed by atoms with Gasteiger partial charge in [-0.3, -0.25) is 4.79 Å². The van der Waals surface area contributed by atoms with E-state index < -0.39 is 0 Å². The van der Waals surface area contributed by atoms with Gasteiger partial charge >= 0.3 is 0 Å². The molecule has 0 fully saturated rings. The van der Waals surface area contributed by atoms with Gasteiger partial charge in [-0.15, -0.1) is 0 Å². The van der Waals surface area contributed by atoms with Crippen molar-refractivity contribution in [3.05, 3.63) is 77.1 Å². The molecule has 3 rings (SSSR count). The number of nitrogens with zero attached hydrogens (tertiary/aromatic N) is 1. The van der Waals surface area contributed by atoms with Crippen molar-refractivity contribution in [1.29, 1.82) is 0 Å². The minimum atomic E-state index is -0.255. The summed E-state index contributed by atoms with van der Waals surface area (Å²) in [5.41, 5.74) is 6.54. The number of amides is 1. The van der Waals surface area contributed by atoms with E-state index in [1.54, 1.807) is 43.6 Å². The molecule has 1 aromatic heterocycles. The Bertz CT molecular complexity index is 925. The molecule has 0 aliphatic heterocycles. The Balaban J connectivity index is 1.70. The number of hydrogen-bond acceptors (Lipinski definition) is 4. The summed E-state index contributed by atoms with van der Waals surface area (Å²) in [4.78, 5) is 16.6. The second kappa shape index (κ2) is 7.91. The van der Waals surface area contributed by atoms with Crippen molar-refractivity contribution in [1.82, 2.24) is 4.98 Å². The number of ether oxygens (including phenoxy) is 1.